The summed E-state index contributed by atoms with van der Waals surface area (Å²) in [5, 5.41) is 9.91. The zero-order valence-corrected chi connectivity index (χ0v) is 9.93. The van der Waals surface area contributed by atoms with Crippen molar-refractivity contribution >= 4 is 12.0 Å². The Balaban J connectivity index is 1.96. The predicted molar refractivity (Wildman–Crippen MR) is 64.2 cm³/mol. The lowest BCUT2D eigenvalue weighted by Gasteiger charge is -2.36. The molecule has 1 aromatic heterocycles. The molecule has 4 nitrogen and oxygen atoms in total. The molecular formula is C13H17NO3. The normalized spacial score (nSPS) is 25.4. The van der Waals surface area contributed by atoms with E-state index in [2.05, 4.69) is 0 Å². The second-order valence-corrected chi connectivity index (χ2v) is 4.71. The van der Waals surface area contributed by atoms with E-state index in [1.165, 1.54) is 6.08 Å². The van der Waals surface area contributed by atoms with Gasteiger partial charge in [0.15, 0.2) is 0 Å². The number of rotatable bonds is 2. The number of amides is 1. The quantitative estimate of drug-likeness (QED) is 0.793. The molecule has 0 saturated carbocycles. The van der Waals surface area contributed by atoms with E-state index in [1.54, 1.807) is 36.3 Å². The van der Waals surface area contributed by atoms with Crippen LogP contribution in [0.4, 0.5) is 0 Å². The van der Waals surface area contributed by atoms with E-state index in [1.807, 2.05) is 0 Å². The van der Waals surface area contributed by atoms with Gasteiger partial charge in [0, 0.05) is 19.2 Å². The molecule has 0 aliphatic carbocycles. The molecule has 1 aliphatic heterocycles. The van der Waals surface area contributed by atoms with Crippen LogP contribution in [0.1, 0.15) is 25.5 Å². The minimum atomic E-state index is -0.758. The topological polar surface area (TPSA) is 53.7 Å². The van der Waals surface area contributed by atoms with Crippen LogP contribution >= 0.6 is 0 Å². The summed E-state index contributed by atoms with van der Waals surface area (Å²) in [5.41, 5.74) is -0.758. The van der Waals surface area contributed by atoms with Crippen LogP contribution in [0.3, 0.4) is 0 Å². The van der Waals surface area contributed by atoms with Gasteiger partial charge >= 0.3 is 0 Å². The van der Waals surface area contributed by atoms with Crippen molar-refractivity contribution in [3.63, 3.8) is 0 Å². The zero-order chi connectivity index (χ0) is 12.3. The highest BCUT2D eigenvalue weighted by Gasteiger charge is 2.29. The molecule has 4 heteroatoms. The number of carbonyl (C=O) groups excluding carboxylic acids is 1. The summed E-state index contributed by atoms with van der Waals surface area (Å²) in [6.45, 7) is 2.87. The van der Waals surface area contributed by atoms with Crippen molar-refractivity contribution < 1.29 is 14.3 Å². The summed E-state index contributed by atoms with van der Waals surface area (Å²) in [6.07, 6.45) is 6.29. The maximum absolute atomic E-state index is 11.9. The van der Waals surface area contributed by atoms with Crippen molar-refractivity contribution in [2.75, 3.05) is 13.1 Å². The van der Waals surface area contributed by atoms with E-state index in [-0.39, 0.29) is 5.91 Å². The Labute approximate surface area is 101 Å². The Bertz CT molecular complexity index is 406. The third kappa shape index (κ3) is 3.20. The summed E-state index contributed by atoms with van der Waals surface area (Å²) in [7, 11) is 0. The van der Waals surface area contributed by atoms with E-state index in [0.29, 0.717) is 18.8 Å². The molecular weight excluding hydrogens is 218 g/mol. The van der Waals surface area contributed by atoms with Crippen molar-refractivity contribution in [3.05, 3.63) is 30.2 Å². The van der Waals surface area contributed by atoms with Gasteiger partial charge in [0.25, 0.3) is 0 Å². The molecule has 1 saturated heterocycles. The van der Waals surface area contributed by atoms with Crippen molar-refractivity contribution in [1.82, 2.24) is 4.90 Å². The van der Waals surface area contributed by atoms with E-state index in [0.717, 1.165) is 12.8 Å². The van der Waals surface area contributed by atoms with Crippen LogP contribution in [-0.2, 0) is 4.79 Å². The molecule has 17 heavy (non-hydrogen) atoms. The van der Waals surface area contributed by atoms with Crippen molar-refractivity contribution in [1.29, 1.82) is 0 Å². The molecule has 1 fully saturated rings. The minimum Gasteiger partial charge on any atom is -0.465 e. The standard InChI is InChI=1S/C13H17NO3/c1-13(16)7-3-8-14(10-13)12(15)6-5-11-4-2-9-17-11/h2,4-6,9,16H,3,7-8,10H2,1H3/b6-5+. The first-order valence-electron chi connectivity index (χ1n) is 5.80. The van der Waals surface area contributed by atoms with Gasteiger partial charge in [-0.2, -0.15) is 0 Å². The summed E-state index contributed by atoms with van der Waals surface area (Å²) >= 11 is 0. The fourth-order valence-corrected chi connectivity index (χ4v) is 2.05. The highest BCUT2D eigenvalue weighted by molar-refractivity contribution is 5.91. The van der Waals surface area contributed by atoms with Crippen LogP contribution in [0.5, 0.6) is 0 Å². The Kier molecular flexibility index (Phi) is 3.33. The molecule has 0 aromatic carbocycles. The Morgan fingerprint density at radius 2 is 2.47 bits per heavy atom. The Hall–Kier alpha value is -1.55. The summed E-state index contributed by atoms with van der Waals surface area (Å²) < 4.78 is 5.11. The van der Waals surface area contributed by atoms with E-state index in [4.69, 9.17) is 4.42 Å². The molecule has 1 amide bonds. The maximum Gasteiger partial charge on any atom is 0.246 e. The van der Waals surface area contributed by atoms with Crippen molar-refractivity contribution in [2.45, 2.75) is 25.4 Å². The molecule has 1 aliphatic rings. The predicted octanol–water partition coefficient (Wildman–Crippen LogP) is 1.67. The highest BCUT2D eigenvalue weighted by Crippen LogP contribution is 2.20. The molecule has 0 spiro atoms. The average Bonchev–Trinajstić information content (AvgIpc) is 2.77. The number of nitrogens with zero attached hydrogens (tertiary/aromatic N) is 1. The van der Waals surface area contributed by atoms with Gasteiger partial charge in [-0.1, -0.05) is 0 Å². The lowest BCUT2D eigenvalue weighted by Crippen LogP contribution is -2.48. The number of β-amino-alcohol motifs (C(OH)–C–C–N with tert-alkyl or cyclic N) is 1. The maximum atomic E-state index is 11.9. The molecule has 1 atom stereocenters. The van der Waals surface area contributed by atoms with Crippen LogP contribution in [-0.4, -0.2) is 34.6 Å². The monoisotopic (exact) mass is 235 g/mol. The van der Waals surface area contributed by atoms with Crippen LogP contribution in [0.25, 0.3) is 6.08 Å². The molecule has 0 radical (unpaired) electrons. The molecule has 0 bridgehead atoms. The lowest BCUT2D eigenvalue weighted by molar-refractivity contribution is -0.132. The zero-order valence-electron chi connectivity index (χ0n) is 9.93. The number of likely N-dealkylation sites (tertiary alicyclic amines) is 1. The molecule has 92 valence electrons. The van der Waals surface area contributed by atoms with Gasteiger partial charge in [0.1, 0.15) is 5.76 Å². The van der Waals surface area contributed by atoms with Crippen LogP contribution < -0.4 is 0 Å². The highest BCUT2D eigenvalue weighted by atomic mass is 16.3. The molecule has 1 unspecified atom stereocenters. The number of aliphatic hydroxyl groups is 1. The second kappa shape index (κ2) is 4.75. The number of furan rings is 1. The third-order valence-corrected chi connectivity index (χ3v) is 2.92. The fourth-order valence-electron chi connectivity index (χ4n) is 2.05. The third-order valence-electron chi connectivity index (χ3n) is 2.92. The smallest absolute Gasteiger partial charge is 0.246 e. The molecule has 2 heterocycles. The summed E-state index contributed by atoms with van der Waals surface area (Å²) in [5.74, 6) is 0.573. The minimum absolute atomic E-state index is 0.0821. The van der Waals surface area contributed by atoms with Gasteiger partial charge in [-0.15, -0.1) is 0 Å². The van der Waals surface area contributed by atoms with Crippen LogP contribution in [0.15, 0.2) is 28.9 Å². The SMILES string of the molecule is CC1(O)CCCN(C(=O)/C=C/c2ccco2)C1. The number of hydrogen-bond donors (Lipinski definition) is 1. The summed E-state index contributed by atoms with van der Waals surface area (Å²) in [6, 6.07) is 3.56. The van der Waals surface area contributed by atoms with Gasteiger partial charge < -0.3 is 14.4 Å². The van der Waals surface area contributed by atoms with Crippen LogP contribution in [0, 0.1) is 0 Å². The molecule has 2 rings (SSSR count). The van der Waals surface area contributed by atoms with E-state index < -0.39 is 5.60 Å². The largest absolute Gasteiger partial charge is 0.465 e. The first-order chi connectivity index (χ1) is 8.07. The van der Waals surface area contributed by atoms with Gasteiger partial charge in [-0.3, -0.25) is 4.79 Å². The second-order valence-electron chi connectivity index (χ2n) is 4.71. The first kappa shape index (κ1) is 11.9. The van der Waals surface area contributed by atoms with Crippen LogP contribution in [0.2, 0.25) is 0 Å². The Morgan fingerprint density at radius 1 is 1.65 bits per heavy atom. The van der Waals surface area contributed by atoms with E-state index >= 15 is 0 Å². The first-order valence-corrected chi connectivity index (χ1v) is 5.80. The lowest BCUT2D eigenvalue weighted by atomic mass is 9.95. The number of hydrogen-bond acceptors (Lipinski definition) is 3. The summed E-state index contributed by atoms with van der Waals surface area (Å²) in [4.78, 5) is 13.5. The van der Waals surface area contributed by atoms with E-state index in [9.17, 15) is 9.90 Å². The molecule has 1 N–H and O–H groups in total. The van der Waals surface area contributed by atoms with Crippen molar-refractivity contribution in [3.8, 4) is 0 Å². The number of carbonyl (C=O) groups is 1. The fraction of sp³-hybridized carbons (Fsp3) is 0.462. The molecule has 1 aromatic rings. The van der Waals surface area contributed by atoms with Gasteiger partial charge in [0.05, 0.1) is 11.9 Å². The number of piperidine rings is 1. The average molecular weight is 235 g/mol. The van der Waals surface area contributed by atoms with Crippen molar-refractivity contribution in [2.24, 2.45) is 0 Å². The van der Waals surface area contributed by atoms with Gasteiger partial charge in [-0.05, 0) is 38.0 Å². The van der Waals surface area contributed by atoms with Gasteiger partial charge in [-0.25, -0.2) is 0 Å². The Morgan fingerprint density at radius 3 is 3.12 bits per heavy atom. The van der Waals surface area contributed by atoms with Gasteiger partial charge in [0.2, 0.25) is 5.91 Å².